The maximum absolute atomic E-state index is 13.5. The number of rotatable bonds is 36. The predicted molar refractivity (Wildman–Crippen MR) is 282 cm³/mol. The van der Waals surface area contributed by atoms with Crippen LogP contribution in [0.4, 0.5) is 4.79 Å². The van der Waals surface area contributed by atoms with Crippen LogP contribution in [0, 0.1) is 46.3 Å². The molecule has 0 saturated heterocycles. The maximum atomic E-state index is 13.5. The number of unbranched alkanes of at least 4 members (excludes halogenated alkanes) is 19. The number of carbonyl (C=O) groups is 3. The van der Waals surface area contributed by atoms with Crippen molar-refractivity contribution in [2.24, 2.45) is 52.1 Å². The molecule has 8 atom stereocenters. The molecule has 4 aliphatic rings. The second kappa shape index (κ2) is 32.0. The number of carbonyl (C=O) groups excluding carboxylic acids is 3. The molecule has 0 unspecified atom stereocenters. The molecule has 388 valence electrons. The van der Waals surface area contributed by atoms with E-state index in [-0.39, 0.29) is 36.0 Å². The van der Waals surface area contributed by atoms with Crippen molar-refractivity contribution < 1.29 is 19.1 Å². The number of fused-ring (bicyclic) bond motifs is 5. The quantitative estimate of drug-likeness (QED) is 0.0428. The van der Waals surface area contributed by atoms with Gasteiger partial charge in [-0.2, -0.15) is 0 Å². The summed E-state index contributed by atoms with van der Waals surface area (Å²) < 4.78 is 6.09. The van der Waals surface area contributed by atoms with Gasteiger partial charge in [-0.05, 0) is 124 Å². The van der Waals surface area contributed by atoms with Gasteiger partial charge in [-0.3, -0.25) is 9.59 Å². The van der Waals surface area contributed by atoms with Gasteiger partial charge in [0.05, 0.1) is 6.54 Å². The van der Waals surface area contributed by atoms with Crippen molar-refractivity contribution >= 4 is 17.9 Å². The molecule has 0 spiro atoms. The van der Waals surface area contributed by atoms with Gasteiger partial charge in [0.25, 0.3) is 0 Å². The van der Waals surface area contributed by atoms with Crippen molar-refractivity contribution in [3.63, 3.8) is 0 Å². The van der Waals surface area contributed by atoms with E-state index < -0.39 is 0 Å². The Morgan fingerprint density at radius 2 is 1.31 bits per heavy atom. The first-order valence-electron chi connectivity index (χ1n) is 29.3. The normalized spacial score (nSPS) is 26.0. The fourth-order valence-electron chi connectivity index (χ4n) is 13.9. The Hall–Kier alpha value is -2.09. The van der Waals surface area contributed by atoms with Crippen molar-refractivity contribution in [2.45, 2.75) is 266 Å². The number of amides is 3. The van der Waals surface area contributed by atoms with E-state index in [2.05, 4.69) is 58.3 Å². The lowest BCUT2D eigenvalue weighted by Crippen LogP contribution is -2.51. The third kappa shape index (κ3) is 19.6. The number of ether oxygens (including phenoxy) is 1. The van der Waals surface area contributed by atoms with Crippen LogP contribution in [0.1, 0.15) is 260 Å². The highest BCUT2D eigenvalue weighted by molar-refractivity contribution is 5.84. The molecule has 0 heterocycles. The van der Waals surface area contributed by atoms with Crippen molar-refractivity contribution in [1.29, 1.82) is 0 Å². The van der Waals surface area contributed by atoms with E-state index in [0.717, 1.165) is 93.3 Å². The minimum atomic E-state index is -0.357. The Balaban J connectivity index is 1.14. The second-order valence-electron chi connectivity index (χ2n) is 23.6. The zero-order valence-electron chi connectivity index (χ0n) is 44.9. The summed E-state index contributed by atoms with van der Waals surface area (Å²) >= 11 is 0. The summed E-state index contributed by atoms with van der Waals surface area (Å²) in [6.45, 7) is 17.1. The number of allylic oxidation sites excluding steroid dienone is 1. The van der Waals surface area contributed by atoms with Crippen LogP contribution in [0.25, 0.3) is 0 Å². The molecule has 8 heteroatoms. The van der Waals surface area contributed by atoms with Gasteiger partial charge in [-0.1, -0.05) is 188 Å². The number of hydrogen-bond donors (Lipinski definition) is 3. The van der Waals surface area contributed by atoms with Crippen LogP contribution < -0.4 is 16.4 Å². The highest BCUT2D eigenvalue weighted by Crippen LogP contribution is 2.67. The van der Waals surface area contributed by atoms with Gasteiger partial charge in [0, 0.05) is 32.5 Å². The molecular weight excluding hydrogens is 829 g/mol. The lowest BCUT2D eigenvalue weighted by molar-refractivity contribution is -0.136. The van der Waals surface area contributed by atoms with E-state index in [1.54, 1.807) is 10.5 Å². The fraction of sp³-hybridized carbons (Fsp3) is 0.915. The van der Waals surface area contributed by atoms with Crippen molar-refractivity contribution in [3.05, 3.63) is 11.6 Å². The molecule has 0 bridgehead atoms. The van der Waals surface area contributed by atoms with Gasteiger partial charge in [-0.15, -0.1) is 0 Å². The maximum Gasteiger partial charge on any atom is 0.407 e. The molecule has 3 saturated carbocycles. The van der Waals surface area contributed by atoms with Gasteiger partial charge in [0.1, 0.15) is 6.10 Å². The SMILES string of the molecule is CCCCCCCCCCCCCCCCCCCC(=O)N(CCCNC(=O)O[C@H]1CC[C@@]2(C)C(=CC[C@H]3[C@@H]4CC[C@H]([C@H](C)CCCC(C)C)[C@@]4(C)CC[C@@H]32)C1)CC(=O)NCCCCCCN. The molecule has 3 amide bonds. The number of alkyl carbamates (subject to hydrolysis) is 1. The van der Waals surface area contributed by atoms with Crippen LogP contribution in [-0.4, -0.2) is 61.6 Å². The topological polar surface area (TPSA) is 114 Å². The van der Waals surface area contributed by atoms with E-state index in [1.807, 2.05) is 0 Å². The Morgan fingerprint density at radius 3 is 1.96 bits per heavy atom. The third-order valence-corrected chi connectivity index (χ3v) is 18.0. The molecular formula is C59H108N4O4. The lowest BCUT2D eigenvalue weighted by Gasteiger charge is -2.58. The smallest absolute Gasteiger partial charge is 0.407 e. The van der Waals surface area contributed by atoms with Crippen LogP contribution in [0.2, 0.25) is 0 Å². The Labute approximate surface area is 413 Å². The predicted octanol–water partition coefficient (Wildman–Crippen LogP) is 15.0. The number of nitrogens with two attached hydrogens (primary N) is 1. The standard InChI is InChI=1S/C59H108N4O4/c1-7-8-9-10-11-12-13-14-15-16-17-18-19-20-21-22-25-32-56(65)63(46-55(64)61-42-27-24-23-26-41-60)44-29-43-62-57(66)67-50-37-39-58(5)49(45-50)33-34-51-53-36-35-52(48(4)31-28-30-47(2)3)59(53,6)40-38-54(51)58/h33,47-48,50-54H,7-32,34-46,60H2,1-6H3,(H,61,64)(H,62,66)/t48-,50+,51+,52-,53+,54+,58+,59-/m1/s1. The van der Waals surface area contributed by atoms with Crippen molar-refractivity contribution in [3.8, 4) is 0 Å². The molecule has 0 aliphatic heterocycles. The molecule has 8 nitrogen and oxygen atoms in total. The number of nitrogens with one attached hydrogen (secondary N) is 2. The van der Waals surface area contributed by atoms with E-state index in [1.165, 1.54) is 148 Å². The molecule has 4 N–H and O–H groups in total. The molecule has 0 radical (unpaired) electrons. The average molecular weight is 938 g/mol. The van der Waals surface area contributed by atoms with Gasteiger partial charge < -0.3 is 26.0 Å². The van der Waals surface area contributed by atoms with E-state index in [0.29, 0.717) is 44.4 Å². The summed E-state index contributed by atoms with van der Waals surface area (Å²) in [5.74, 6) is 4.83. The minimum Gasteiger partial charge on any atom is -0.446 e. The van der Waals surface area contributed by atoms with E-state index >= 15 is 0 Å². The van der Waals surface area contributed by atoms with Crippen LogP contribution in [-0.2, 0) is 14.3 Å². The van der Waals surface area contributed by atoms with Crippen LogP contribution in [0.3, 0.4) is 0 Å². The van der Waals surface area contributed by atoms with Gasteiger partial charge >= 0.3 is 6.09 Å². The van der Waals surface area contributed by atoms with Gasteiger partial charge in [0.2, 0.25) is 11.8 Å². The lowest BCUT2D eigenvalue weighted by atomic mass is 9.47. The Bertz CT molecular complexity index is 1420. The first-order chi connectivity index (χ1) is 32.4. The molecule has 4 rings (SSSR count). The highest BCUT2D eigenvalue weighted by atomic mass is 16.6. The molecule has 0 aromatic rings. The molecule has 3 fully saturated rings. The Morgan fingerprint density at radius 1 is 0.701 bits per heavy atom. The second-order valence-corrected chi connectivity index (χ2v) is 23.6. The van der Waals surface area contributed by atoms with E-state index in [4.69, 9.17) is 10.5 Å². The van der Waals surface area contributed by atoms with Crippen LogP contribution >= 0.6 is 0 Å². The average Bonchev–Trinajstić information content (AvgIpc) is 3.66. The highest BCUT2D eigenvalue weighted by Gasteiger charge is 2.59. The van der Waals surface area contributed by atoms with Gasteiger partial charge in [-0.25, -0.2) is 4.79 Å². The zero-order valence-corrected chi connectivity index (χ0v) is 44.9. The van der Waals surface area contributed by atoms with Crippen LogP contribution in [0.15, 0.2) is 11.6 Å². The fourth-order valence-corrected chi connectivity index (χ4v) is 13.9. The number of nitrogens with zero attached hydrogens (tertiary/aromatic N) is 1. The molecule has 4 aliphatic carbocycles. The van der Waals surface area contributed by atoms with Gasteiger partial charge in [0.15, 0.2) is 0 Å². The van der Waals surface area contributed by atoms with Crippen molar-refractivity contribution in [1.82, 2.24) is 15.5 Å². The first kappa shape index (κ1) is 57.5. The largest absolute Gasteiger partial charge is 0.446 e. The molecule has 67 heavy (non-hydrogen) atoms. The monoisotopic (exact) mass is 937 g/mol. The summed E-state index contributed by atoms with van der Waals surface area (Å²) in [4.78, 5) is 41.3. The summed E-state index contributed by atoms with van der Waals surface area (Å²) in [7, 11) is 0. The zero-order chi connectivity index (χ0) is 48.3. The minimum absolute atomic E-state index is 0.0388. The van der Waals surface area contributed by atoms with Crippen molar-refractivity contribution in [2.75, 3.05) is 32.7 Å². The summed E-state index contributed by atoms with van der Waals surface area (Å²) in [6.07, 6.45) is 43.3. The third-order valence-electron chi connectivity index (χ3n) is 18.0. The molecule has 0 aromatic heterocycles. The molecule has 0 aromatic carbocycles. The van der Waals surface area contributed by atoms with E-state index in [9.17, 15) is 14.4 Å². The first-order valence-corrected chi connectivity index (χ1v) is 29.3. The Kier molecular flexibility index (Phi) is 27.5. The van der Waals surface area contributed by atoms with Crippen LogP contribution in [0.5, 0.6) is 0 Å². The number of hydrogen-bond acceptors (Lipinski definition) is 5. The summed E-state index contributed by atoms with van der Waals surface area (Å²) in [6, 6.07) is 0. The summed E-state index contributed by atoms with van der Waals surface area (Å²) in [5, 5.41) is 6.03. The summed E-state index contributed by atoms with van der Waals surface area (Å²) in [5.41, 5.74) is 7.89.